The second-order valence-corrected chi connectivity index (χ2v) is 8.35. The second kappa shape index (κ2) is 21.7. The molecule has 4 heteroatoms. The molecule has 27 heavy (non-hydrogen) atoms. The van der Waals surface area contributed by atoms with Gasteiger partial charge in [0.15, 0.2) is 0 Å². The van der Waals surface area contributed by atoms with Gasteiger partial charge in [-0.3, -0.25) is 4.79 Å². The molecule has 0 aliphatic heterocycles. The van der Waals surface area contributed by atoms with Gasteiger partial charge in [-0.25, -0.2) is 0 Å². The predicted octanol–water partition coefficient (Wildman–Crippen LogP) is 5.25. The van der Waals surface area contributed by atoms with Crippen LogP contribution in [0.15, 0.2) is 0 Å². The van der Waals surface area contributed by atoms with Gasteiger partial charge in [-0.2, -0.15) is 0 Å². The first kappa shape index (κ1) is 26.4. The van der Waals surface area contributed by atoms with E-state index in [9.17, 15) is 4.79 Å². The number of amides is 1. The largest absolute Gasteiger partial charge is 0.356 e. The van der Waals surface area contributed by atoms with Gasteiger partial charge >= 0.3 is 0 Å². The Kier molecular flexibility index (Phi) is 21.2. The van der Waals surface area contributed by atoms with Crippen molar-refractivity contribution in [1.82, 2.24) is 10.2 Å². The molecule has 0 aliphatic carbocycles. The summed E-state index contributed by atoms with van der Waals surface area (Å²) < 4.78 is 0. The van der Waals surface area contributed by atoms with Gasteiger partial charge in [0, 0.05) is 13.0 Å². The van der Waals surface area contributed by atoms with Gasteiger partial charge in [-0.05, 0) is 46.4 Å². The number of rotatable bonds is 21. The fourth-order valence-electron chi connectivity index (χ4n) is 3.44. The van der Waals surface area contributed by atoms with E-state index in [-0.39, 0.29) is 5.91 Å². The van der Waals surface area contributed by atoms with E-state index < -0.39 is 0 Å². The van der Waals surface area contributed by atoms with Crippen molar-refractivity contribution in [3.8, 4) is 0 Å². The van der Waals surface area contributed by atoms with Gasteiger partial charge in [-0.15, -0.1) is 0 Å². The van der Waals surface area contributed by atoms with Crippen molar-refractivity contribution >= 4 is 5.91 Å². The molecule has 1 amide bonds. The zero-order valence-electron chi connectivity index (χ0n) is 18.6. The van der Waals surface area contributed by atoms with Crippen LogP contribution in [0.4, 0.5) is 0 Å². The summed E-state index contributed by atoms with van der Waals surface area (Å²) in [5.74, 6) is 0.230. The number of hydrogen-bond donors (Lipinski definition) is 2. The highest BCUT2D eigenvalue weighted by Crippen LogP contribution is 2.13. The number of carbonyl (C=O) groups excluding carboxylic acids is 1. The van der Waals surface area contributed by atoms with Gasteiger partial charge in [-0.1, -0.05) is 83.5 Å². The summed E-state index contributed by atoms with van der Waals surface area (Å²) in [7, 11) is 4.13. The Labute approximate surface area is 170 Å². The molecule has 0 rings (SSSR count). The van der Waals surface area contributed by atoms with E-state index in [1.807, 2.05) is 0 Å². The van der Waals surface area contributed by atoms with Crippen LogP contribution in [0.5, 0.6) is 0 Å². The van der Waals surface area contributed by atoms with Crippen molar-refractivity contribution in [3.63, 3.8) is 0 Å². The van der Waals surface area contributed by atoms with E-state index in [1.165, 1.54) is 89.9 Å². The number of unbranched alkanes of at least 4 members (excludes halogenated alkanes) is 14. The lowest BCUT2D eigenvalue weighted by molar-refractivity contribution is -0.121. The van der Waals surface area contributed by atoms with Crippen molar-refractivity contribution in [1.29, 1.82) is 0 Å². The van der Waals surface area contributed by atoms with Gasteiger partial charge in [0.2, 0.25) is 5.91 Å². The van der Waals surface area contributed by atoms with Gasteiger partial charge in [0.25, 0.3) is 0 Å². The monoisotopic (exact) mass is 383 g/mol. The van der Waals surface area contributed by atoms with Crippen LogP contribution in [0.2, 0.25) is 0 Å². The average molecular weight is 384 g/mol. The number of nitrogens with two attached hydrogens (primary N) is 1. The Hall–Kier alpha value is -0.610. The Morgan fingerprint density at radius 2 is 1.07 bits per heavy atom. The summed E-state index contributed by atoms with van der Waals surface area (Å²) in [6, 6.07) is 0. The van der Waals surface area contributed by atoms with Crippen LogP contribution < -0.4 is 11.1 Å². The fraction of sp³-hybridized carbons (Fsp3) is 0.957. The Morgan fingerprint density at radius 1 is 0.667 bits per heavy atom. The summed E-state index contributed by atoms with van der Waals surface area (Å²) in [4.78, 5) is 13.9. The Balaban J connectivity index is 3.11. The van der Waals surface area contributed by atoms with Crippen LogP contribution in [0, 0.1) is 0 Å². The van der Waals surface area contributed by atoms with Crippen molar-refractivity contribution < 1.29 is 4.79 Å². The third kappa shape index (κ3) is 23.4. The minimum absolute atomic E-state index is 0.230. The summed E-state index contributed by atoms with van der Waals surface area (Å²) in [6.07, 6.45) is 21.7. The number of nitrogens with one attached hydrogen (secondary N) is 1. The first-order chi connectivity index (χ1) is 13.2. The molecule has 0 unspecified atom stereocenters. The van der Waals surface area contributed by atoms with E-state index in [1.54, 1.807) is 0 Å². The predicted molar refractivity (Wildman–Crippen MR) is 119 cm³/mol. The summed E-state index contributed by atoms with van der Waals surface area (Å²) in [6.45, 7) is 2.70. The van der Waals surface area contributed by atoms with Crippen LogP contribution in [0.3, 0.4) is 0 Å². The van der Waals surface area contributed by atoms with Crippen molar-refractivity contribution in [2.75, 3.05) is 33.7 Å². The van der Waals surface area contributed by atoms with Crippen LogP contribution in [0.1, 0.15) is 109 Å². The third-order valence-electron chi connectivity index (χ3n) is 5.21. The second-order valence-electron chi connectivity index (χ2n) is 8.35. The fourth-order valence-corrected chi connectivity index (χ4v) is 3.44. The molecule has 0 heterocycles. The minimum Gasteiger partial charge on any atom is -0.356 e. The highest BCUT2D eigenvalue weighted by molar-refractivity contribution is 5.75. The van der Waals surface area contributed by atoms with Crippen LogP contribution in [-0.4, -0.2) is 44.5 Å². The first-order valence-corrected chi connectivity index (χ1v) is 11.8. The third-order valence-corrected chi connectivity index (χ3v) is 5.21. The molecule has 0 atom stereocenters. The lowest BCUT2D eigenvalue weighted by Crippen LogP contribution is -2.26. The van der Waals surface area contributed by atoms with E-state index in [2.05, 4.69) is 24.3 Å². The maximum Gasteiger partial charge on any atom is 0.219 e. The Bertz CT molecular complexity index is 308. The van der Waals surface area contributed by atoms with Crippen molar-refractivity contribution in [3.05, 3.63) is 0 Å². The molecular weight excluding hydrogens is 334 g/mol. The molecule has 0 fully saturated rings. The molecule has 0 radical (unpaired) electrons. The minimum atomic E-state index is 0.230. The first-order valence-electron chi connectivity index (χ1n) is 11.8. The summed E-state index contributed by atoms with van der Waals surface area (Å²) in [5.41, 5.74) is 5.51. The molecule has 3 N–H and O–H groups in total. The van der Waals surface area contributed by atoms with Gasteiger partial charge in [0.05, 0.1) is 0 Å². The number of nitrogens with zero attached hydrogens (tertiary/aromatic N) is 1. The normalized spacial score (nSPS) is 11.3. The van der Waals surface area contributed by atoms with Crippen LogP contribution >= 0.6 is 0 Å². The lowest BCUT2D eigenvalue weighted by atomic mass is 10.0. The zero-order valence-corrected chi connectivity index (χ0v) is 18.6. The highest BCUT2D eigenvalue weighted by Gasteiger charge is 2.01. The highest BCUT2D eigenvalue weighted by atomic mass is 16.1. The summed E-state index contributed by atoms with van der Waals surface area (Å²) in [5, 5.41) is 3.02. The SMILES string of the molecule is CN(C)CCCNC(=O)CCCCCCCCCCCCCCCCCN. The standard InChI is InChI=1S/C23H49N3O/c1-26(2)22-18-21-25-23(27)19-16-14-12-10-8-6-4-3-5-7-9-11-13-15-17-20-24/h3-22,24H2,1-2H3,(H,25,27). The summed E-state index contributed by atoms with van der Waals surface area (Å²) >= 11 is 0. The molecule has 0 saturated carbocycles. The maximum atomic E-state index is 11.7. The molecule has 4 nitrogen and oxygen atoms in total. The lowest BCUT2D eigenvalue weighted by Gasteiger charge is -2.09. The number of carbonyl (C=O) groups is 1. The Morgan fingerprint density at radius 3 is 1.48 bits per heavy atom. The van der Waals surface area contributed by atoms with E-state index in [0.717, 1.165) is 32.5 Å². The molecule has 0 aliphatic rings. The van der Waals surface area contributed by atoms with E-state index in [0.29, 0.717) is 6.42 Å². The van der Waals surface area contributed by atoms with Crippen LogP contribution in [-0.2, 0) is 4.79 Å². The quantitative estimate of drug-likeness (QED) is 0.266. The van der Waals surface area contributed by atoms with Crippen LogP contribution in [0.25, 0.3) is 0 Å². The maximum absolute atomic E-state index is 11.7. The average Bonchev–Trinajstić information content (AvgIpc) is 2.64. The molecule has 0 saturated heterocycles. The molecule has 0 aromatic heterocycles. The van der Waals surface area contributed by atoms with Gasteiger partial charge < -0.3 is 16.0 Å². The smallest absolute Gasteiger partial charge is 0.219 e. The molecule has 0 bridgehead atoms. The molecular formula is C23H49N3O. The molecule has 0 aromatic carbocycles. The number of hydrogen-bond acceptors (Lipinski definition) is 3. The zero-order chi connectivity index (χ0) is 20.0. The van der Waals surface area contributed by atoms with Crippen molar-refractivity contribution in [2.45, 2.75) is 109 Å². The molecule has 162 valence electrons. The molecule has 0 spiro atoms. The molecule has 0 aromatic rings. The van der Waals surface area contributed by atoms with E-state index in [4.69, 9.17) is 5.73 Å². The topological polar surface area (TPSA) is 58.4 Å². The van der Waals surface area contributed by atoms with Gasteiger partial charge in [0.1, 0.15) is 0 Å². The van der Waals surface area contributed by atoms with E-state index >= 15 is 0 Å². The van der Waals surface area contributed by atoms with Crippen molar-refractivity contribution in [2.24, 2.45) is 5.73 Å².